The SMILES string of the molecule is CC(=O)N(CC[C@H](N)C(=O)N[C@H](CNC(=O)CNC(=O)C(CC(=O)O)SC[C@H](N)C(=O)O)C(=O)O)[C@@H](c1cc(-c2cc(F)ccc2F)cn1Cc1ccccc1)C(C)(C)C.O=C(O)C(F)(F)F. The number of carboxylic acids is 4. The van der Waals surface area contributed by atoms with E-state index in [1.54, 1.807) is 12.3 Å². The zero-order chi connectivity index (χ0) is 51.0. The van der Waals surface area contributed by atoms with Crippen molar-refractivity contribution in [3.8, 4) is 11.1 Å². The number of halogens is 5. The Morgan fingerprint density at radius 2 is 1.45 bits per heavy atom. The fourth-order valence-corrected chi connectivity index (χ4v) is 7.28. The first-order chi connectivity index (χ1) is 31.0. The number of benzene rings is 2. The molecule has 5 atom stereocenters. The number of alkyl halides is 3. The molecule has 0 aliphatic carbocycles. The van der Waals surface area contributed by atoms with Gasteiger partial charge >= 0.3 is 30.1 Å². The standard InChI is InChI=1S/C40H51F2N7O10S.C2HF3O2/c1-22(50)49(35(40(2,3)4)31-14-24(26-15-25(41)10-11-27(26)42)20-48(31)19-23-8-6-5-7-9-23)13-12-28(43)36(54)47-30(39(58)59)17-45-33(51)18-46-37(55)32(16-34(52)53)60-21-29(44)38(56)57;3-2(4,5)1(6)7/h5-11,14-15,20,28-30,32,35H,12-13,16-19,21,43-44H2,1-4H3,(H,45,51)(H,46,55)(H,47,54)(H,52,53)(H,56,57)(H,58,59);(H,6,7)/t28-,29-,30+,32?,35-;/m0./s1. The molecule has 3 rings (SSSR count). The van der Waals surface area contributed by atoms with Crippen LogP contribution in [0, 0.1) is 17.0 Å². The predicted molar refractivity (Wildman–Crippen MR) is 231 cm³/mol. The van der Waals surface area contributed by atoms with Crippen molar-refractivity contribution in [3.63, 3.8) is 0 Å². The molecule has 0 saturated carbocycles. The Labute approximate surface area is 384 Å². The summed E-state index contributed by atoms with van der Waals surface area (Å²) in [6.45, 7) is 5.92. The molecule has 11 N–H and O–H groups in total. The molecule has 4 amide bonds. The molecule has 0 radical (unpaired) electrons. The minimum absolute atomic E-state index is 0.0248. The molecular weight excluding hydrogens is 922 g/mol. The molecule has 25 heteroatoms. The minimum atomic E-state index is -5.08. The van der Waals surface area contributed by atoms with E-state index in [0.29, 0.717) is 29.6 Å². The third-order valence-electron chi connectivity index (χ3n) is 9.43. The molecular formula is C42H52F5N7O12S. The molecule has 0 aliphatic heterocycles. The van der Waals surface area contributed by atoms with Crippen LogP contribution in [-0.4, -0.2) is 132 Å². The van der Waals surface area contributed by atoms with Crippen LogP contribution in [0.25, 0.3) is 11.1 Å². The van der Waals surface area contributed by atoms with Gasteiger partial charge in [0, 0.05) is 55.3 Å². The number of hydrogen-bond acceptors (Lipinski definition) is 11. The maximum Gasteiger partial charge on any atom is 0.490 e. The lowest BCUT2D eigenvalue weighted by Gasteiger charge is -2.41. The van der Waals surface area contributed by atoms with E-state index >= 15 is 4.39 Å². The Bertz CT molecular complexity index is 2240. The largest absolute Gasteiger partial charge is 0.490 e. The fraction of sp³-hybridized carbons (Fsp3) is 0.429. The van der Waals surface area contributed by atoms with Crippen LogP contribution in [0.4, 0.5) is 22.0 Å². The van der Waals surface area contributed by atoms with Gasteiger partial charge in [0.1, 0.15) is 23.7 Å². The summed E-state index contributed by atoms with van der Waals surface area (Å²) in [5, 5.41) is 40.4. The summed E-state index contributed by atoms with van der Waals surface area (Å²) < 4.78 is 63.0. The van der Waals surface area contributed by atoms with Crippen LogP contribution >= 0.6 is 11.8 Å². The molecule has 0 fully saturated rings. The van der Waals surface area contributed by atoms with Gasteiger partial charge < -0.3 is 57.3 Å². The number of nitrogens with zero attached hydrogens (tertiary/aromatic N) is 2. The number of nitrogens with two attached hydrogens (primary N) is 2. The van der Waals surface area contributed by atoms with Gasteiger partial charge in [-0.3, -0.25) is 28.8 Å². The third kappa shape index (κ3) is 18.7. The maximum atomic E-state index is 15.0. The van der Waals surface area contributed by atoms with Crippen LogP contribution in [0.15, 0.2) is 60.8 Å². The van der Waals surface area contributed by atoms with Crippen LogP contribution < -0.4 is 27.4 Å². The van der Waals surface area contributed by atoms with Gasteiger partial charge in [-0.15, -0.1) is 11.8 Å². The van der Waals surface area contributed by atoms with Gasteiger partial charge in [-0.1, -0.05) is 51.1 Å². The van der Waals surface area contributed by atoms with Crippen LogP contribution in [0.3, 0.4) is 0 Å². The van der Waals surface area contributed by atoms with Gasteiger partial charge in [0.25, 0.3) is 0 Å². The Hall–Kier alpha value is -6.60. The number of thioether (sulfide) groups is 1. The molecule has 368 valence electrons. The van der Waals surface area contributed by atoms with Crippen LogP contribution in [0.1, 0.15) is 57.8 Å². The van der Waals surface area contributed by atoms with Crippen molar-refractivity contribution in [1.29, 1.82) is 0 Å². The number of nitrogens with one attached hydrogen (secondary N) is 3. The number of carbonyl (C=O) groups excluding carboxylic acids is 4. The molecule has 2 aromatic carbocycles. The van der Waals surface area contributed by atoms with Crippen molar-refractivity contribution in [2.45, 2.75) is 82.7 Å². The number of hydrogen-bond donors (Lipinski definition) is 9. The van der Waals surface area contributed by atoms with E-state index in [4.69, 9.17) is 31.6 Å². The number of carbonyl (C=O) groups is 8. The van der Waals surface area contributed by atoms with Crippen molar-refractivity contribution in [2.24, 2.45) is 16.9 Å². The molecule has 67 heavy (non-hydrogen) atoms. The molecule has 1 heterocycles. The van der Waals surface area contributed by atoms with E-state index in [1.807, 2.05) is 55.7 Å². The average Bonchev–Trinajstić information content (AvgIpc) is 3.63. The summed E-state index contributed by atoms with van der Waals surface area (Å²) >= 11 is 0.674. The molecule has 0 saturated heterocycles. The van der Waals surface area contributed by atoms with E-state index in [1.165, 1.54) is 11.8 Å². The zero-order valence-corrected chi connectivity index (χ0v) is 37.3. The highest BCUT2D eigenvalue weighted by Crippen LogP contribution is 2.41. The van der Waals surface area contributed by atoms with E-state index in [-0.39, 0.29) is 30.2 Å². The lowest BCUT2D eigenvalue weighted by atomic mass is 9.82. The molecule has 1 aromatic heterocycles. The number of rotatable bonds is 22. The Kier molecular flexibility index (Phi) is 21.4. The summed E-state index contributed by atoms with van der Waals surface area (Å²) in [5.74, 6) is -11.7. The smallest absolute Gasteiger partial charge is 0.481 e. The number of amides is 4. The fourth-order valence-electron chi connectivity index (χ4n) is 6.20. The van der Waals surface area contributed by atoms with Crippen molar-refractivity contribution in [1.82, 2.24) is 25.4 Å². The topological polar surface area (TPSA) is 314 Å². The van der Waals surface area contributed by atoms with Gasteiger partial charge in [0.15, 0.2) is 0 Å². The van der Waals surface area contributed by atoms with E-state index in [0.717, 1.165) is 23.8 Å². The summed E-state index contributed by atoms with van der Waals surface area (Å²) in [7, 11) is 0. The summed E-state index contributed by atoms with van der Waals surface area (Å²) in [5.41, 5.74) is 12.9. The van der Waals surface area contributed by atoms with Crippen LogP contribution in [-0.2, 0) is 44.9 Å². The average molecular weight is 974 g/mol. The van der Waals surface area contributed by atoms with Gasteiger partial charge in [-0.2, -0.15) is 13.2 Å². The van der Waals surface area contributed by atoms with E-state index in [9.17, 15) is 56.2 Å². The highest BCUT2D eigenvalue weighted by atomic mass is 32.2. The van der Waals surface area contributed by atoms with Crippen LogP contribution in [0.5, 0.6) is 0 Å². The van der Waals surface area contributed by atoms with Gasteiger partial charge in [0.2, 0.25) is 23.6 Å². The summed E-state index contributed by atoms with van der Waals surface area (Å²) in [6.07, 6.45) is -4.23. The second-order valence-electron chi connectivity index (χ2n) is 15.9. The first-order valence-electron chi connectivity index (χ1n) is 19.9. The molecule has 19 nitrogen and oxygen atoms in total. The second-order valence-corrected chi connectivity index (χ2v) is 17.1. The van der Waals surface area contributed by atoms with Crippen molar-refractivity contribution >= 4 is 59.3 Å². The molecule has 0 aliphatic rings. The normalized spacial score (nSPS) is 13.6. The molecule has 3 aromatic rings. The first-order valence-corrected chi connectivity index (χ1v) is 21.0. The van der Waals surface area contributed by atoms with Crippen molar-refractivity contribution < 1.29 is 80.7 Å². The van der Waals surface area contributed by atoms with Gasteiger partial charge in [-0.25, -0.2) is 18.4 Å². The predicted octanol–water partition coefficient (Wildman–Crippen LogP) is 2.56. The number of aliphatic carboxylic acids is 4. The molecule has 1 unspecified atom stereocenters. The number of aromatic nitrogens is 1. The van der Waals surface area contributed by atoms with E-state index < -0.39 is 114 Å². The van der Waals surface area contributed by atoms with Gasteiger partial charge in [-0.05, 0) is 41.7 Å². The Morgan fingerprint density at radius 3 is 1.97 bits per heavy atom. The first kappa shape index (κ1) is 56.5. The minimum Gasteiger partial charge on any atom is -0.481 e. The highest BCUT2D eigenvalue weighted by Gasteiger charge is 2.39. The maximum absolute atomic E-state index is 15.0. The third-order valence-corrected chi connectivity index (χ3v) is 10.8. The number of carboxylic acid groups (broad SMARTS) is 4. The Balaban J connectivity index is 0.00000203. The van der Waals surface area contributed by atoms with E-state index in [2.05, 4.69) is 16.0 Å². The second kappa shape index (κ2) is 25.3. The summed E-state index contributed by atoms with van der Waals surface area (Å²) in [6, 6.07) is 9.13. The van der Waals surface area contributed by atoms with Gasteiger partial charge in [0.05, 0.1) is 30.3 Å². The lowest BCUT2D eigenvalue weighted by Crippen LogP contribution is -2.54. The quantitative estimate of drug-likeness (QED) is 0.0654. The molecule has 0 spiro atoms. The molecule has 0 bridgehead atoms. The Morgan fingerprint density at radius 1 is 0.836 bits per heavy atom. The summed E-state index contributed by atoms with van der Waals surface area (Å²) in [4.78, 5) is 96.3. The lowest BCUT2D eigenvalue weighted by molar-refractivity contribution is -0.192. The monoisotopic (exact) mass is 973 g/mol. The van der Waals surface area contributed by atoms with Crippen LogP contribution in [0.2, 0.25) is 0 Å². The zero-order valence-electron chi connectivity index (χ0n) is 36.5. The van der Waals surface area contributed by atoms with Crippen molar-refractivity contribution in [3.05, 3.63) is 83.7 Å². The highest BCUT2D eigenvalue weighted by molar-refractivity contribution is 8.00. The van der Waals surface area contributed by atoms with Crippen molar-refractivity contribution in [2.75, 3.05) is 25.4 Å².